The molecule has 3 heteroatoms. The SMILES string of the molecule is COc1ccc(C(c2ccc(OC)cc2)c2ccco2)cc1. The van der Waals surface area contributed by atoms with Crippen molar-refractivity contribution in [3.05, 3.63) is 83.8 Å². The lowest BCUT2D eigenvalue weighted by Crippen LogP contribution is -2.02. The highest BCUT2D eigenvalue weighted by atomic mass is 16.5. The summed E-state index contributed by atoms with van der Waals surface area (Å²) in [4.78, 5) is 0. The van der Waals surface area contributed by atoms with E-state index in [2.05, 4.69) is 24.3 Å². The van der Waals surface area contributed by atoms with Gasteiger partial charge in [-0.15, -0.1) is 0 Å². The third-order valence-corrected chi connectivity index (χ3v) is 3.73. The van der Waals surface area contributed by atoms with Crippen molar-refractivity contribution >= 4 is 0 Å². The van der Waals surface area contributed by atoms with Crippen LogP contribution < -0.4 is 9.47 Å². The van der Waals surface area contributed by atoms with Crippen LogP contribution in [-0.4, -0.2) is 14.2 Å². The molecule has 1 aromatic heterocycles. The van der Waals surface area contributed by atoms with E-state index >= 15 is 0 Å². The first kappa shape index (κ1) is 14.3. The molecule has 0 aliphatic heterocycles. The molecule has 3 aromatic rings. The van der Waals surface area contributed by atoms with Gasteiger partial charge in [-0.25, -0.2) is 0 Å². The van der Waals surface area contributed by atoms with Crippen molar-refractivity contribution in [1.82, 2.24) is 0 Å². The van der Waals surface area contributed by atoms with Gasteiger partial charge in [-0.3, -0.25) is 0 Å². The van der Waals surface area contributed by atoms with Crippen molar-refractivity contribution in [3.63, 3.8) is 0 Å². The topological polar surface area (TPSA) is 31.6 Å². The van der Waals surface area contributed by atoms with Crippen LogP contribution >= 0.6 is 0 Å². The van der Waals surface area contributed by atoms with Gasteiger partial charge in [0.15, 0.2) is 0 Å². The number of rotatable bonds is 5. The summed E-state index contributed by atoms with van der Waals surface area (Å²) in [5, 5.41) is 0. The largest absolute Gasteiger partial charge is 0.497 e. The third kappa shape index (κ3) is 2.84. The Hall–Kier alpha value is -2.68. The van der Waals surface area contributed by atoms with Crippen LogP contribution in [0, 0.1) is 0 Å². The summed E-state index contributed by atoms with van der Waals surface area (Å²) < 4.78 is 16.1. The molecular formula is C19H18O3. The Balaban J connectivity index is 2.02. The van der Waals surface area contributed by atoms with Gasteiger partial charge in [0.1, 0.15) is 17.3 Å². The Kier molecular flexibility index (Phi) is 4.15. The van der Waals surface area contributed by atoms with Gasteiger partial charge < -0.3 is 13.9 Å². The first-order valence-corrected chi connectivity index (χ1v) is 7.13. The second-order valence-corrected chi connectivity index (χ2v) is 4.99. The second-order valence-electron chi connectivity index (χ2n) is 4.99. The van der Waals surface area contributed by atoms with E-state index in [1.165, 1.54) is 0 Å². The quantitative estimate of drug-likeness (QED) is 0.695. The van der Waals surface area contributed by atoms with Crippen LogP contribution in [-0.2, 0) is 0 Å². The predicted molar refractivity (Wildman–Crippen MR) is 85.6 cm³/mol. The normalized spacial score (nSPS) is 10.7. The molecule has 0 aliphatic carbocycles. The van der Waals surface area contributed by atoms with E-state index in [4.69, 9.17) is 13.9 Å². The molecule has 0 amide bonds. The van der Waals surface area contributed by atoms with E-state index in [1.807, 2.05) is 36.4 Å². The number of methoxy groups -OCH3 is 2. The summed E-state index contributed by atoms with van der Waals surface area (Å²) in [5.41, 5.74) is 2.31. The van der Waals surface area contributed by atoms with Crippen molar-refractivity contribution in [2.24, 2.45) is 0 Å². The minimum Gasteiger partial charge on any atom is -0.497 e. The molecule has 3 rings (SSSR count). The van der Waals surface area contributed by atoms with Crippen LogP contribution in [0.15, 0.2) is 71.3 Å². The average molecular weight is 294 g/mol. The van der Waals surface area contributed by atoms with Crippen molar-refractivity contribution in [2.45, 2.75) is 5.92 Å². The summed E-state index contributed by atoms with van der Waals surface area (Å²) in [7, 11) is 3.34. The highest BCUT2D eigenvalue weighted by Crippen LogP contribution is 2.33. The van der Waals surface area contributed by atoms with Crippen molar-refractivity contribution in [3.8, 4) is 11.5 Å². The Bertz CT molecular complexity index is 650. The fraction of sp³-hybridized carbons (Fsp3) is 0.158. The van der Waals surface area contributed by atoms with Gasteiger partial charge in [0.25, 0.3) is 0 Å². The zero-order valence-corrected chi connectivity index (χ0v) is 12.7. The Morgan fingerprint density at radius 3 is 1.59 bits per heavy atom. The standard InChI is InChI=1S/C19H18O3/c1-20-16-9-5-14(6-10-16)19(18-4-3-13-22-18)15-7-11-17(21-2)12-8-15/h3-13,19H,1-2H3. The van der Waals surface area contributed by atoms with Crippen molar-refractivity contribution in [2.75, 3.05) is 14.2 Å². The van der Waals surface area contributed by atoms with Gasteiger partial charge in [-0.1, -0.05) is 24.3 Å². The van der Waals surface area contributed by atoms with Crippen LogP contribution in [0.1, 0.15) is 22.8 Å². The van der Waals surface area contributed by atoms with E-state index < -0.39 is 0 Å². The molecule has 0 bridgehead atoms. The molecule has 0 atom stereocenters. The molecule has 2 aromatic carbocycles. The Labute approximate surface area is 130 Å². The van der Waals surface area contributed by atoms with Gasteiger partial charge in [-0.05, 0) is 47.5 Å². The monoisotopic (exact) mass is 294 g/mol. The van der Waals surface area contributed by atoms with E-state index in [1.54, 1.807) is 20.5 Å². The highest BCUT2D eigenvalue weighted by Gasteiger charge is 2.19. The number of benzene rings is 2. The van der Waals surface area contributed by atoms with Gasteiger partial charge in [-0.2, -0.15) is 0 Å². The maximum Gasteiger partial charge on any atom is 0.118 e. The van der Waals surface area contributed by atoms with Gasteiger partial charge in [0.2, 0.25) is 0 Å². The Morgan fingerprint density at radius 1 is 0.727 bits per heavy atom. The molecule has 0 radical (unpaired) electrons. The summed E-state index contributed by atoms with van der Waals surface area (Å²) in [6.45, 7) is 0. The maximum absolute atomic E-state index is 5.66. The van der Waals surface area contributed by atoms with Gasteiger partial charge in [0.05, 0.1) is 26.4 Å². The molecule has 0 N–H and O–H groups in total. The van der Waals surface area contributed by atoms with Crippen LogP contribution in [0.2, 0.25) is 0 Å². The first-order chi connectivity index (χ1) is 10.8. The van der Waals surface area contributed by atoms with Crippen LogP contribution in [0.3, 0.4) is 0 Å². The molecule has 0 saturated heterocycles. The van der Waals surface area contributed by atoms with E-state index in [-0.39, 0.29) is 5.92 Å². The summed E-state index contributed by atoms with van der Waals surface area (Å²) in [5.74, 6) is 2.65. The summed E-state index contributed by atoms with van der Waals surface area (Å²) in [6.07, 6.45) is 1.70. The van der Waals surface area contributed by atoms with Crippen LogP contribution in [0.5, 0.6) is 11.5 Å². The van der Waals surface area contributed by atoms with Crippen molar-refractivity contribution < 1.29 is 13.9 Å². The number of furan rings is 1. The van der Waals surface area contributed by atoms with Crippen LogP contribution in [0.25, 0.3) is 0 Å². The van der Waals surface area contributed by atoms with Gasteiger partial charge >= 0.3 is 0 Å². The van der Waals surface area contributed by atoms with E-state index in [0.717, 1.165) is 28.4 Å². The van der Waals surface area contributed by atoms with E-state index in [0.29, 0.717) is 0 Å². The predicted octanol–water partition coefficient (Wildman–Crippen LogP) is 4.48. The first-order valence-electron chi connectivity index (χ1n) is 7.13. The maximum atomic E-state index is 5.66. The molecule has 0 aliphatic rings. The zero-order chi connectivity index (χ0) is 15.4. The van der Waals surface area contributed by atoms with Crippen LogP contribution in [0.4, 0.5) is 0 Å². The molecule has 22 heavy (non-hydrogen) atoms. The lowest BCUT2D eigenvalue weighted by Gasteiger charge is -2.16. The van der Waals surface area contributed by atoms with E-state index in [9.17, 15) is 0 Å². The molecule has 0 fully saturated rings. The lowest BCUT2D eigenvalue weighted by atomic mass is 9.89. The van der Waals surface area contributed by atoms with Crippen molar-refractivity contribution in [1.29, 1.82) is 0 Å². The molecule has 0 unspecified atom stereocenters. The zero-order valence-electron chi connectivity index (χ0n) is 12.7. The third-order valence-electron chi connectivity index (χ3n) is 3.73. The summed E-state index contributed by atoms with van der Waals surface area (Å²) in [6, 6.07) is 20.0. The number of ether oxygens (including phenoxy) is 2. The minimum absolute atomic E-state index is 0.0480. The van der Waals surface area contributed by atoms with Gasteiger partial charge in [0, 0.05) is 0 Å². The number of hydrogen-bond acceptors (Lipinski definition) is 3. The number of hydrogen-bond donors (Lipinski definition) is 0. The molecule has 0 spiro atoms. The molecule has 112 valence electrons. The smallest absolute Gasteiger partial charge is 0.118 e. The Morgan fingerprint density at radius 2 is 1.23 bits per heavy atom. The molecule has 1 heterocycles. The molecule has 3 nitrogen and oxygen atoms in total. The fourth-order valence-electron chi connectivity index (χ4n) is 2.57. The molecule has 0 saturated carbocycles. The lowest BCUT2D eigenvalue weighted by molar-refractivity contribution is 0.414. The summed E-state index contributed by atoms with van der Waals surface area (Å²) >= 11 is 0. The average Bonchev–Trinajstić information content (AvgIpc) is 3.10. The highest BCUT2D eigenvalue weighted by molar-refractivity contribution is 5.43. The second kappa shape index (κ2) is 6.39. The minimum atomic E-state index is 0.0480. The molecular weight excluding hydrogens is 276 g/mol. The fourth-order valence-corrected chi connectivity index (χ4v) is 2.57.